The Bertz CT molecular complexity index is 826. The van der Waals surface area contributed by atoms with Crippen molar-refractivity contribution in [3.05, 3.63) is 36.0 Å². The van der Waals surface area contributed by atoms with Crippen LogP contribution in [-0.2, 0) is 9.78 Å². The summed E-state index contributed by atoms with van der Waals surface area (Å²) in [5.74, 6) is 2.43. The highest BCUT2D eigenvalue weighted by Crippen LogP contribution is 2.71. The third-order valence-corrected chi connectivity index (χ3v) is 10.5. The number of rotatable bonds is 5. The molecule has 0 radical (unpaired) electrons. The number of aliphatic hydroxyl groups excluding tert-OH is 1. The third kappa shape index (κ3) is 2.82. The van der Waals surface area contributed by atoms with Crippen molar-refractivity contribution in [1.29, 1.82) is 0 Å². The molecule has 0 aromatic rings. The molecule has 2 aliphatic heterocycles. The van der Waals surface area contributed by atoms with E-state index in [1.807, 2.05) is 0 Å². The van der Waals surface area contributed by atoms with Crippen molar-refractivity contribution in [2.45, 2.75) is 103 Å². The summed E-state index contributed by atoms with van der Waals surface area (Å²) in [4.78, 5) is 12.7. The predicted octanol–water partition coefficient (Wildman–Crippen LogP) is 6.54. The lowest BCUT2D eigenvalue weighted by Crippen LogP contribution is -2.69. The summed E-state index contributed by atoms with van der Waals surface area (Å²) >= 11 is 0. The van der Waals surface area contributed by atoms with Crippen LogP contribution < -0.4 is 0 Å². The van der Waals surface area contributed by atoms with E-state index in [9.17, 15) is 5.11 Å². The Kier molecular flexibility index (Phi) is 4.98. The van der Waals surface area contributed by atoms with Crippen LogP contribution in [0.4, 0.5) is 0 Å². The Morgan fingerprint density at radius 1 is 1.16 bits per heavy atom. The Morgan fingerprint density at radius 2 is 1.94 bits per heavy atom. The normalized spacial score (nSPS) is 48.7. The molecule has 0 aromatic heterocycles. The first-order valence-electron chi connectivity index (χ1n) is 12.7. The topological polar surface area (TPSA) is 38.7 Å². The number of fused-ring (bicyclic) bond motifs is 2. The van der Waals surface area contributed by atoms with Crippen molar-refractivity contribution in [2.75, 3.05) is 0 Å². The number of hydrogen-bond acceptors (Lipinski definition) is 3. The van der Waals surface area contributed by atoms with Crippen LogP contribution >= 0.6 is 0 Å². The SMILES string of the molecule is C=C(CC[C@@H](C)[C@H]1CC[C@H]2C34C=C[C@]5(C[C@@H](O)CC[C@]5(C)C3=CC[C@]12C)OO4)C(C)C. The highest BCUT2D eigenvalue weighted by molar-refractivity contribution is 5.48. The van der Waals surface area contributed by atoms with E-state index >= 15 is 0 Å². The van der Waals surface area contributed by atoms with Crippen molar-refractivity contribution >= 4 is 0 Å². The van der Waals surface area contributed by atoms with Gasteiger partial charge in [0.05, 0.1) is 6.10 Å². The molecular formula is C28H42O3. The van der Waals surface area contributed by atoms with Gasteiger partial charge in [0.2, 0.25) is 0 Å². The lowest BCUT2D eigenvalue weighted by Gasteiger charge is -2.66. The zero-order valence-electron chi connectivity index (χ0n) is 20.2. The van der Waals surface area contributed by atoms with Crippen LogP contribution in [-0.4, -0.2) is 22.4 Å². The van der Waals surface area contributed by atoms with Gasteiger partial charge in [-0.3, -0.25) is 0 Å². The molecule has 6 rings (SSSR count). The van der Waals surface area contributed by atoms with Gasteiger partial charge in [0, 0.05) is 17.8 Å². The van der Waals surface area contributed by atoms with Gasteiger partial charge in [0.1, 0.15) is 11.2 Å². The maximum atomic E-state index is 10.4. The molecule has 2 heterocycles. The average molecular weight is 427 g/mol. The quantitative estimate of drug-likeness (QED) is 0.401. The van der Waals surface area contributed by atoms with Gasteiger partial charge in [0.25, 0.3) is 0 Å². The van der Waals surface area contributed by atoms with Crippen molar-refractivity contribution in [2.24, 2.45) is 34.5 Å². The summed E-state index contributed by atoms with van der Waals surface area (Å²) in [7, 11) is 0. The molecule has 1 N–H and O–H groups in total. The molecular weight excluding hydrogens is 384 g/mol. The summed E-state index contributed by atoms with van der Waals surface area (Å²) < 4.78 is 0. The molecule has 31 heavy (non-hydrogen) atoms. The second-order valence-corrected chi connectivity index (χ2v) is 12.3. The summed E-state index contributed by atoms with van der Waals surface area (Å²) in [5.41, 5.74) is 2.08. The van der Waals surface area contributed by atoms with Crippen molar-refractivity contribution in [1.82, 2.24) is 0 Å². The maximum absolute atomic E-state index is 10.4. The van der Waals surface area contributed by atoms with Crippen LogP contribution in [0.15, 0.2) is 36.0 Å². The van der Waals surface area contributed by atoms with E-state index in [-0.39, 0.29) is 16.9 Å². The van der Waals surface area contributed by atoms with Gasteiger partial charge < -0.3 is 5.11 Å². The van der Waals surface area contributed by atoms with Gasteiger partial charge >= 0.3 is 0 Å². The zero-order valence-corrected chi connectivity index (χ0v) is 20.2. The van der Waals surface area contributed by atoms with Gasteiger partial charge in [-0.1, -0.05) is 52.8 Å². The summed E-state index contributed by atoms with van der Waals surface area (Å²) in [6.07, 6.45) is 15.3. The number of allylic oxidation sites excluding steroid dienone is 2. The van der Waals surface area contributed by atoms with E-state index in [4.69, 9.17) is 9.78 Å². The van der Waals surface area contributed by atoms with Crippen LogP contribution in [0.25, 0.3) is 0 Å². The molecule has 2 saturated carbocycles. The minimum Gasteiger partial charge on any atom is -0.393 e. The minimum absolute atomic E-state index is 0.0702. The minimum atomic E-state index is -0.505. The molecule has 2 bridgehead atoms. The Labute approximate surface area is 188 Å². The largest absolute Gasteiger partial charge is 0.393 e. The first-order chi connectivity index (χ1) is 14.6. The molecule has 3 nitrogen and oxygen atoms in total. The number of hydrogen-bond donors (Lipinski definition) is 1. The van der Waals surface area contributed by atoms with E-state index in [2.05, 4.69) is 59.4 Å². The van der Waals surface area contributed by atoms with Crippen molar-refractivity contribution < 1.29 is 14.9 Å². The van der Waals surface area contributed by atoms with Crippen LogP contribution in [0.1, 0.15) is 86.0 Å². The third-order valence-electron chi connectivity index (χ3n) is 10.5. The van der Waals surface area contributed by atoms with Gasteiger partial charge in [-0.2, -0.15) is 0 Å². The van der Waals surface area contributed by atoms with Crippen LogP contribution in [0, 0.1) is 34.5 Å². The van der Waals surface area contributed by atoms with Gasteiger partial charge in [0.15, 0.2) is 0 Å². The molecule has 1 unspecified atom stereocenters. The second-order valence-electron chi connectivity index (χ2n) is 12.3. The standard InChI is InChI=1S/C28H42O3/c1-18(2)19(3)7-8-20(4)22-9-10-23-25(22,5)13-12-24-26(6)14-11-21(29)17-27(26)15-16-28(23,24)31-30-27/h12,15-16,18,20-23,29H,3,7-11,13-14,17H2,1-2,4-6H3/t20-,21+,22-,23-,25-,26-,27-,28?/m1/s1. The van der Waals surface area contributed by atoms with Crippen molar-refractivity contribution in [3.63, 3.8) is 0 Å². The Morgan fingerprint density at radius 3 is 2.61 bits per heavy atom. The smallest absolute Gasteiger partial charge is 0.147 e. The first-order valence-corrected chi connectivity index (χ1v) is 12.7. The summed E-state index contributed by atoms with van der Waals surface area (Å²) in [6, 6.07) is 0. The van der Waals surface area contributed by atoms with Gasteiger partial charge in [-0.05, 0) is 85.8 Å². The molecule has 6 aliphatic rings. The highest BCUT2D eigenvalue weighted by atomic mass is 17.2. The average Bonchev–Trinajstić information content (AvgIpc) is 3.09. The summed E-state index contributed by atoms with van der Waals surface area (Å²) in [5, 5.41) is 10.4. The molecule has 2 spiro atoms. The van der Waals surface area contributed by atoms with Crippen LogP contribution in [0.2, 0.25) is 0 Å². The number of aliphatic hydroxyl groups is 1. The van der Waals surface area contributed by atoms with E-state index in [1.165, 1.54) is 30.4 Å². The molecule has 172 valence electrons. The van der Waals surface area contributed by atoms with Gasteiger partial charge in [-0.15, -0.1) is 0 Å². The first kappa shape index (κ1) is 21.9. The molecule has 0 aromatic carbocycles. The predicted molar refractivity (Wildman–Crippen MR) is 124 cm³/mol. The molecule has 1 saturated heterocycles. The van der Waals surface area contributed by atoms with E-state index in [1.54, 1.807) is 0 Å². The van der Waals surface area contributed by atoms with Crippen LogP contribution in [0.3, 0.4) is 0 Å². The zero-order chi connectivity index (χ0) is 22.2. The summed E-state index contributed by atoms with van der Waals surface area (Å²) in [6.45, 7) is 16.2. The Balaban J connectivity index is 1.45. The van der Waals surface area contributed by atoms with Crippen molar-refractivity contribution in [3.8, 4) is 0 Å². The van der Waals surface area contributed by atoms with Crippen LogP contribution in [0.5, 0.6) is 0 Å². The molecule has 3 fully saturated rings. The monoisotopic (exact) mass is 426 g/mol. The van der Waals surface area contributed by atoms with E-state index < -0.39 is 11.2 Å². The van der Waals surface area contributed by atoms with Gasteiger partial charge in [-0.25, -0.2) is 9.78 Å². The maximum Gasteiger partial charge on any atom is 0.147 e. The molecule has 8 atom stereocenters. The lowest BCUT2D eigenvalue weighted by molar-refractivity contribution is -0.455. The fourth-order valence-electron chi connectivity index (χ4n) is 8.28. The second kappa shape index (κ2) is 7.05. The molecule has 3 heteroatoms. The van der Waals surface area contributed by atoms with E-state index in [0.29, 0.717) is 30.1 Å². The highest BCUT2D eigenvalue weighted by Gasteiger charge is 2.71. The molecule has 0 amide bonds. The lowest BCUT2D eigenvalue weighted by atomic mass is 9.46. The fourth-order valence-corrected chi connectivity index (χ4v) is 8.28. The fraction of sp³-hybridized carbons (Fsp3) is 0.786. The Hall–Kier alpha value is -0.900. The van der Waals surface area contributed by atoms with E-state index in [0.717, 1.165) is 25.7 Å². The molecule has 4 aliphatic carbocycles.